The van der Waals surface area contributed by atoms with Crippen molar-refractivity contribution in [2.24, 2.45) is 0 Å². The zero-order valence-electron chi connectivity index (χ0n) is 9.19. The van der Waals surface area contributed by atoms with Crippen LogP contribution in [0.1, 0.15) is 10.6 Å². The van der Waals surface area contributed by atoms with Gasteiger partial charge in [-0.1, -0.05) is 11.3 Å². The summed E-state index contributed by atoms with van der Waals surface area (Å²) in [4.78, 5) is 11.4. The molecule has 0 aliphatic carbocycles. The van der Waals surface area contributed by atoms with E-state index in [2.05, 4.69) is 20.8 Å². The third-order valence-electron chi connectivity index (χ3n) is 1.92. The Morgan fingerprint density at radius 1 is 1.42 bits per heavy atom. The summed E-state index contributed by atoms with van der Waals surface area (Å²) < 4.78 is 41.5. The summed E-state index contributed by atoms with van der Waals surface area (Å²) in [5, 5.41) is 9.41. The summed E-state index contributed by atoms with van der Waals surface area (Å²) in [6, 6.07) is 0.971. The van der Waals surface area contributed by atoms with Crippen molar-refractivity contribution in [3.63, 3.8) is 0 Å². The molecule has 0 aliphatic rings. The molecule has 2 aromatic heterocycles. The maximum atomic E-state index is 12.2. The molecule has 102 valence electrons. The van der Waals surface area contributed by atoms with Crippen LogP contribution in [0, 0.1) is 0 Å². The van der Waals surface area contributed by atoms with Crippen LogP contribution < -0.4 is 10.6 Å². The summed E-state index contributed by atoms with van der Waals surface area (Å²) in [5.74, 6) is 0. The van der Waals surface area contributed by atoms with E-state index < -0.39 is 17.2 Å². The first-order valence-electron chi connectivity index (χ1n) is 4.92. The molecule has 0 unspecified atom stereocenters. The number of furan rings is 1. The number of nitrogens with one attached hydrogen (secondary N) is 2. The lowest BCUT2D eigenvalue weighted by atomic mass is 10.3. The van der Waals surface area contributed by atoms with Crippen LogP contribution in [0.5, 0.6) is 0 Å². The van der Waals surface area contributed by atoms with Gasteiger partial charge in [0.15, 0.2) is 0 Å². The number of anilines is 1. The predicted octanol–water partition coefficient (Wildman–Crippen LogP) is 2.47. The van der Waals surface area contributed by atoms with E-state index in [1.165, 1.54) is 12.5 Å². The van der Waals surface area contributed by atoms with Crippen LogP contribution in [-0.2, 0) is 12.7 Å². The Kier molecular flexibility index (Phi) is 3.69. The number of carbonyl (C=O) groups excluding carboxylic acids is 1. The van der Waals surface area contributed by atoms with Crippen molar-refractivity contribution in [1.29, 1.82) is 0 Å². The number of rotatable bonds is 3. The third kappa shape index (κ3) is 3.68. The fraction of sp³-hybridized carbons (Fsp3) is 0.222. The van der Waals surface area contributed by atoms with Crippen molar-refractivity contribution < 1.29 is 22.4 Å². The fourth-order valence-electron chi connectivity index (χ4n) is 1.11. The van der Waals surface area contributed by atoms with E-state index in [9.17, 15) is 18.0 Å². The first-order valence-corrected chi connectivity index (χ1v) is 5.73. The summed E-state index contributed by atoms with van der Waals surface area (Å²) in [5.41, 5.74) is 0.725. The molecule has 19 heavy (non-hydrogen) atoms. The van der Waals surface area contributed by atoms with Crippen molar-refractivity contribution in [3.05, 3.63) is 29.2 Å². The van der Waals surface area contributed by atoms with Crippen LogP contribution >= 0.6 is 11.3 Å². The average molecular weight is 292 g/mol. The van der Waals surface area contributed by atoms with Gasteiger partial charge in [-0.2, -0.15) is 13.2 Å². The molecule has 2 heterocycles. The molecule has 6 nitrogen and oxygen atoms in total. The van der Waals surface area contributed by atoms with Crippen LogP contribution in [0.4, 0.5) is 23.1 Å². The number of urea groups is 1. The molecule has 2 amide bonds. The van der Waals surface area contributed by atoms with Crippen molar-refractivity contribution in [2.45, 2.75) is 12.7 Å². The average Bonchev–Trinajstić information content (AvgIpc) is 2.95. The van der Waals surface area contributed by atoms with Crippen LogP contribution in [0.15, 0.2) is 23.0 Å². The molecule has 0 aromatic carbocycles. The molecule has 10 heteroatoms. The Hall–Kier alpha value is -2.10. The molecule has 0 saturated carbocycles. The second kappa shape index (κ2) is 5.26. The second-order valence-corrected chi connectivity index (χ2v) is 4.33. The lowest BCUT2D eigenvalue weighted by Gasteiger charge is -2.02. The van der Waals surface area contributed by atoms with Gasteiger partial charge in [-0.3, -0.25) is 5.32 Å². The van der Waals surface area contributed by atoms with E-state index in [4.69, 9.17) is 4.42 Å². The Morgan fingerprint density at radius 2 is 2.21 bits per heavy atom. The zero-order chi connectivity index (χ0) is 13.9. The molecule has 2 aromatic rings. The van der Waals surface area contributed by atoms with Gasteiger partial charge in [0.2, 0.25) is 10.1 Å². The molecular weight excluding hydrogens is 285 g/mol. The molecule has 0 bridgehead atoms. The lowest BCUT2D eigenvalue weighted by molar-refractivity contribution is -0.138. The van der Waals surface area contributed by atoms with Crippen molar-refractivity contribution in [3.8, 4) is 0 Å². The summed E-state index contributed by atoms with van der Waals surface area (Å²) >= 11 is 0.254. The van der Waals surface area contributed by atoms with Gasteiger partial charge >= 0.3 is 12.2 Å². The van der Waals surface area contributed by atoms with Gasteiger partial charge in [-0.15, -0.1) is 10.2 Å². The van der Waals surface area contributed by atoms with E-state index in [1.807, 2.05) is 0 Å². The monoisotopic (exact) mass is 292 g/mol. The largest absolute Gasteiger partial charge is 0.472 e. The number of nitrogens with zero attached hydrogens (tertiary/aromatic N) is 2. The van der Waals surface area contributed by atoms with Crippen LogP contribution in [0.2, 0.25) is 0 Å². The highest BCUT2D eigenvalue weighted by Crippen LogP contribution is 2.32. The topological polar surface area (TPSA) is 80.0 Å². The van der Waals surface area contributed by atoms with Gasteiger partial charge in [0.05, 0.1) is 12.5 Å². The van der Waals surface area contributed by atoms with Crippen molar-refractivity contribution in [2.75, 3.05) is 5.32 Å². The quantitative estimate of drug-likeness (QED) is 0.910. The van der Waals surface area contributed by atoms with Crippen molar-refractivity contribution >= 4 is 22.5 Å². The fourth-order valence-corrected chi connectivity index (χ4v) is 1.71. The minimum absolute atomic E-state index is 0.188. The third-order valence-corrected chi connectivity index (χ3v) is 2.80. The van der Waals surface area contributed by atoms with Crippen LogP contribution in [0.3, 0.4) is 0 Å². The number of amides is 2. The molecule has 2 rings (SSSR count). The predicted molar refractivity (Wildman–Crippen MR) is 59.5 cm³/mol. The number of aromatic nitrogens is 2. The van der Waals surface area contributed by atoms with E-state index >= 15 is 0 Å². The van der Waals surface area contributed by atoms with Gasteiger partial charge < -0.3 is 9.73 Å². The normalized spacial score (nSPS) is 11.3. The van der Waals surface area contributed by atoms with Crippen LogP contribution in [0.25, 0.3) is 0 Å². The van der Waals surface area contributed by atoms with E-state index in [1.54, 1.807) is 6.07 Å². The van der Waals surface area contributed by atoms with Gasteiger partial charge in [0, 0.05) is 12.1 Å². The molecule has 0 saturated heterocycles. The summed E-state index contributed by atoms with van der Waals surface area (Å²) in [6.07, 6.45) is -1.69. The Balaban J connectivity index is 1.87. The maximum absolute atomic E-state index is 12.2. The highest BCUT2D eigenvalue weighted by atomic mass is 32.1. The number of alkyl halides is 3. The second-order valence-electron chi connectivity index (χ2n) is 3.35. The molecule has 0 fully saturated rings. The summed E-state index contributed by atoms with van der Waals surface area (Å²) in [6.45, 7) is 0.188. The van der Waals surface area contributed by atoms with Gasteiger partial charge in [0.1, 0.15) is 0 Å². The highest BCUT2D eigenvalue weighted by Gasteiger charge is 2.35. The minimum atomic E-state index is -4.56. The molecule has 0 radical (unpaired) electrons. The number of halogens is 3. The number of hydrogen-bond acceptors (Lipinski definition) is 5. The van der Waals surface area contributed by atoms with Crippen LogP contribution in [-0.4, -0.2) is 16.2 Å². The van der Waals surface area contributed by atoms with E-state index in [0.29, 0.717) is 0 Å². The molecule has 2 N–H and O–H groups in total. The molecular formula is C9H7F3N4O2S. The Morgan fingerprint density at radius 3 is 2.79 bits per heavy atom. The summed E-state index contributed by atoms with van der Waals surface area (Å²) in [7, 11) is 0. The Labute approximate surface area is 108 Å². The first-order chi connectivity index (χ1) is 8.95. The van der Waals surface area contributed by atoms with E-state index in [0.717, 1.165) is 5.56 Å². The standard InChI is InChI=1S/C9H7F3N4O2S/c10-9(11,12)6-15-16-8(19-6)14-7(17)13-3-5-1-2-18-4-5/h1-2,4H,3H2,(H2,13,14,16,17). The smallest absolute Gasteiger partial charge is 0.445 e. The van der Waals surface area contributed by atoms with Crippen molar-refractivity contribution in [1.82, 2.24) is 15.5 Å². The van der Waals surface area contributed by atoms with E-state index in [-0.39, 0.29) is 23.0 Å². The first kappa shape index (κ1) is 13.3. The minimum Gasteiger partial charge on any atom is -0.472 e. The SMILES string of the molecule is O=C(NCc1ccoc1)Nc1nnc(C(F)(F)F)s1. The number of carbonyl (C=O) groups is 1. The Bertz CT molecular complexity index is 552. The molecule has 0 atom stereocenters. The van der Waals surface area contributed by atoms with Gasteiger partial charge in [-0.25, -0.2) is 4.79 Å². The maximum Gasteiger partial charge on any atom is 0.445 e. The lowest BCUT2D eigenvalue weighted by Crippen LogP contribution is -2.27. The molecule has 0 aliphatic heterocycles. The van der Waals surface area contributed by atoms with Gasteiger partial charge in [-0.05, 0) is 6.07 Å². The molecule has 0 spiro atoms. The number of hydrogen-bond donors (Lipinski definition) is 2. The van der Waals surface area contributed by atoms with Gasteiger partial charge in [0.25, 0.3) is 0 Å². The highest BCUT2D eigenvalue weighted by molar-refractivity contribution is 7.15. The zero-order valence-corrected chi connectivity index (χ0v) is 10.0.